The van der Waals surface area contributed by atoms with Crippen LogP contribution >= 0.6 is 0 Å². The van der Waals surface area contributed by atoms with Gasteiger partial charge in [-0.1, -0.05) is 12.1 Å². The van der Waals surface area contributed by atoms with Crippen molar-refractivity contribution in [2.24, 2.45) is 0 Å². The molecule has 0 radical (unpaired) electrons. The third-order valence-electron chi connectivity index (χ3n) is 3.63. The van der Waals surface area contributed by atoms with Crippen molar-refractivity contribution in [1.82, 2.24) is 9.88 Å². The van der Waals surface area contributed by atoms with Crippen LogP contribution in [-0.4, -0.2) is 58.6 Å². The second-order valence-corrected chi connectivity index (χ2v) is 7.05. The highest BCUT2D eigenvalue weighted by atomic mass is 32.2. The van der Waals surface area contributed by atoms with Gasteiger partial charge in [0.05, 0.1) is 25.5 Å². The number of sulfonamides is 1. The van der Waals surface area contributed by atoms with Crippen LogP contribution in [0.15, 0.2) is 47.6 Å². The van der Waals surface area contributed by atoms with Gasteiger partial charge >= 0.3 is 0 Å². The molecule has 0 saturated heterocycles. The molecule has 0 unspecified atom stereocenters. The zero-order valence-corrected chi connectivity index (χ0v) is 15.6. The molecule has 1 aromatic carbocycles. The van der Waals surface area contributed by atoms with Crippen LogP contribution in [-0.2, 0) is 14.8 Å². The maximum Gasteiger partial charge on any atom is 0.262 e. The van der Waals surface area contributed by atoms with E-state index in [1.165, 1.54) is 49.7 Å². The van der Waals surface area contributed by atoms with Crippen molar-refractivity contribution in [2.75, 3.05) is 39.1 Å². The topological polar surface area (TPSA) is 97.8 Å². The van der Waals surface area contributed by atoms with Gasteiger partial charge in [0.2, 0.25) is 0 Å². The molecule has 0 fully saturated rings. The van der Waals surface area contributed by atoms with Gasteiger partial charge in [-0.05, 0) is 12.1 Å². The average molecular weight is 379 g/mol. The fourth-order valence-corrected chi connectivity index (χ4v) is 3.50. The second-order valence-electron chi connectivity index (χ2n) is 5.40. The molecule has 0 aliphatic rings. The molecule has 26 heavy (non-hydrogen) atoms. The molecular formula is C17H21N3O5S. The van der Waals surface area contributed by atoms with Gasteiger partial charge in [-0.25, -0.2) is 8.42 Å². The monoisotopic (exact) mass is 379 g/mol. The number of amides is 1. The largest absolute Gasteiger partial charge is 0.494 e. The van der Waals surface area contributed by atoms with Crippen LogP contribution in [0.3, 0.4) is 0 Å². The third-order valence-corrected chi connectivity index (χ3v) is 5.05. The van der Waals surface area contributed by atoms with Crippen LogP contribution in [0.1, 0.15) is 10.4 Å². The van der Waals surface area contributed by atoms with Gasteiger partial charge < -0.3 is 14.4 Å². The number of methoxy groups -OCH3 is 2. The minimum absolute atomic E-state index is 0.0708. The highest BCUT2D eigenvalue weighted by Gasteiger charge is 2.25. The SMILES string of the molecule is COCCN(C)C(=O)c1ccccc1S(=O)(=O)Nc1cnccc1OC. The lowest BCUT2D eigenvalue weighted by Gasteiger charge is -2.19. The summed E-state index contributed by atoms with van der Waals surface area (Å²) in [6, 6.07) is 7.55. The van der Waals surface area contributed by atoms with E-state index in [-0.39, 0.29) is 16.1 Å². The van der Waals surface area contributed by atoms with Crippen molar-refractivity contribution in [3.05, 3.63) is 48.3 Å². The van der Waals surface area contributed by atoms with E-state index in [1.807, 2.05) is 0 Å². The summed E-state index contributed by atoms with van der Waals surface area (Å²) >= 11 is 0. The van der Waals surface area contributed by atoms with Gasteiger partial charge in [-0.3, -0.25) is 14.5 Å². The molecule has 0 bridgehead atoms. The Hall–Kier alpha value is -2.65. The Morgan fingerprint density at radius 2 is 1.96 bits per heavy atom. The molecular weight excluding hydrogens is 358 g/mol. The molecule has 8 nitrogen and oxygen atoms in total. The number of anilines is 1. The lowest BCUT2D eigenvalue weighted by Crippen LogP contribution is -2.31. The fraction of sp³-hybridized carbons (Fsp3) is 0.294. The first-order chi connectivity index (χ1) is 12.4. The van der Waals surface area contributed by atoms with Crippen molar-refractivity contribution < 1.29 is 22.7 Å². The molecule has 0 saturated carbocycles. The Morgan fingerprint density at radius 3 is 2.65 bits per heavy atom. The Labute approximate surface area is 152 Å². The maximum absolute atomic E-state index is 12.8. The number of benzene rings is 1. The van der Waals surface area contributed by atoms with E-state index >= 15 is 0 Å². The molecule has 0 aliphatic carbocycles. The third kappa shape index (κ3) is 4.50. The summed E-state index contributed by atoms with van der Waals surface area (Å²) in [6.45, 7) is 0.690. The van der Waals surface area contributed by atoms with Gasteiger partial charge in [0.25, 0.3) is 15.9 Å². The first kappa shape index (κ1) is 19.7. The number of likely N-dealkylation sites (N-methyl/N-ethyl adjacent to an activating group) is 1. The number of rotatable bonds is 8. The van der Waals surface area contributed by atoms with E-state index in [1.54, 1.807) is 19.2 Å². The van der Waals surface area contributed by atoms with Crippen LogP contribution in [0.4, 0.5) is 5.69 Å². The van der Waals surface area contributed by atoms with E-state index in [0.717, 1.165) is 0 Å². The van der Waals surface area contributed by atoms with Gasteiger partial charge in [-0.2, -0.15) is 0 Å². The van der Waals surface area contributed by atoms with Crippen LogP contribution < -0.4 is 9.46 Å². The number of ether oxygens (including phenoxy) is 2. The maximum atomic E-state index is 12.8. The second kappa shape index (κ2) is 8.63. The number of nitrogens with zero attached hydrogens (tertiary/aromatic N) is 2. The Bertz CT molecular complexity index is 870. The number of pyridine rings is 1. The Balaban J connectivity index is 2.37. The molecule has 2 rings (SSSR count). The molecule has 1 heterocycles. The molecule has 1 N–H and O–H groups in total. The number of carbonyl (C=O) groups is 1. The first-order valence-corrected chi connectivity index (χ1v) is 9.23. The van der Waals surface area contributed by atoms with E-state index in [2.05, 4.69) is 9.71 Å². The van der Waals surface area contributed by atoms with Crippen molar-refractivity contribution in [2.45, 2.75) is 4.90 Å². The van der Waals surface area contributed by atoms with Gasteiger partial charge in [0.15, 0.2) is 0 Å². The van der Waals surface area contributed by atoms with Crippen LogP contribution in [0.2, 0.25) is 0 Å². The highest BCUT2D eigenvalue weighted by molar-refractivity contribution is 7.92. The summed E-state index contributed by atoms with van der Waals surface area (Å²) in [5.41, 5.74) is 0.256. The number of hydrogen-bond acceptors (Lipinski definition) is 6. The van der Waals surface area contributed by atoms with E-state index in [0.29, 0.717) is 18.9 Å². The number of aromatic nitrogens is 1. The van der Waals surface area contributed by atoms with Crippen LogP contribution in [0.25, 0.3) is 0 Å². The smallest absolute Gasteiger partial charge is 0.262 e. The number of carbonyl (C=O) groups excluding carboxylic acids is 1. The van der Waals surface area contributed by atoms with Crippen molar-refractivity contribution >= 4 is 21.6 Å². The lowest BCUT2D eigenvalue weighted by molar-refractivity contribution is 0.0740. The minimum atomic E-state index is -4.02. The van der Waals surface area contributed by atoms with E-state index < -0.39 is 15.9 Å². The predicted octanol–water partition coefficient (Wildman–Crippen LogP) is 1.61. The number of nitrogens with one attached hydrogen (secondary N) is 1. The average Bonchev–Trinajstić information content (AvgIpc) is 2.65. The zero-order chi connectivity index (χ0) is 19.2. The number of hydrogen-bond donors (Lipinski definition) is 1. The fourth-order valence-electron chi connectivity index (χ4n) is 2.25. The predicted molar refractivity (Wildman–Crippen MR) is 96.9 cm³/mol. The summed E-state index contributed by atoms with van der Waals surface area (Å²) in [5.74, 6) is -0.0919. The summed E-state index contributed by atoms with van der Waals surface area (Å²) in [5, 5.41) is 0. The van der Waals surface area contributed by atoms with Gasteiger partial charge in [0.1, 0.15) is 16.3 Å². The Morgan fingerprint density at radius 1 is 1.23 bits per heavy atom. The van der Waals surface area contributed by atoms with Crippen molar-refractivity contribution in [3.63, 3.8) is 0 Å². The molecule has 0 atom stereocenters. The molecule has 2 aromatic rings. The van der Waals surface area contributed by atoms with Crippen molar-refractivity contribution in [1.29, 1.82) is 0 Å². The van der Waals surface area contributed by atoms with Gasteiger partial charge in [0, 0.05) is 33.0 Å². The van der Waals surface area contributed by atoms with Crippen LogP contribution in [0.5, 0.6) is 5.75 Å². The molecule has 9 heteroatoms. The zero-order valence-electron chi connectivity index (χ0n) is 14.8. The quantitative estimate of drug-likeness (QED) is 0.748. The summed E-state index contributed by atoms with van der Waals surface area (Å²) in [4.78, 5) is 17.8. The molecule has 0 aliphatic heterocycles. The molecule has 140 valence electrons. The molecule has 1 amide bonds. The highest BCUT2D eigenvalue weighted by Crippen LogP contribution is 2.26. The van der Waals surface area contributed by atoms with Crippen molar-refractivity contribution in [3.8, 4) is 5.75 Å². The summed E-state index contributed by atoms with van der Waals surface area (Å²) in [7, 11) is 0.517. The van der Waals surface area contributed by atoms with Gasteiger partial charge in [-0.15, -0.1) is 0 Å². The lowest BCUT2D eigenvalue weighted by atomic mass is 10.2. The standard InChI is InChI=1S/C17H21N3O5S/c1-20(10-11-24-2)17(21)13-6-4-5-7-16(13)26(22,23)19-14-12-18-9-8-15(14)25-3/h4-9,12,19H,10-11H2,1-3H3. The minimum Gasteiger partial charge on any atom is -0.494 e. The van der Waals surface area contributed by atoms with E-state index in [9.17, 15) is 13.2 Å². The van der Waals surface area contributed by atoms with E-state index in [4.69, 9.17) is 9.47 Å². The summed E-state index contributed by atoms with van der Waals surface area (Å²) in [6.07, 6.45) is 2.82. The molecule has 0 spiro atoms. The normalized spacial score (nSPS) is 11.0. The Kier molecular flexibility index (Phi) is 6.53. The first-order valence-electron chi connectivity index (χ1n) is 7.75. The molecule has 1 aromatic heterocycles. The van der Waals surface area contributed by atoms with Crippen LogP contribution in [0, 0.1) is 0 Å². The summed E-state index contributed by atoms with van der Waals surface area (Å²) < 4.78 is 38.2.